The standard InChI is InChI=1S/C14H22O4/c1-2-3-4-5-6-7-9-10(8-15)12(17)14-13(18-14)11(9)16/h6-7,11-17H,2-5,8H2,1H3/b7-6+/t11-,12-,13+,14-/m1/s1. The van der Waals surface area contributed by atoms with Gasteiger partial charge in [0.2, 0.25) is 0 Å². The second-order valence-electron chi connectivity index (χ2n) is 4.99. The van der Waals surface area contributed by atoms with Crippen molar-refractivity contribution in [3.63, 3.8) is 0 Å². The predicted octanol–water partition coefficient (Wildman–Crippen LogP) is 0.915. The van der Waals surface area contributed by atoms with Crippen molar-refractivity contribution in [1.82, 2.24) is 0 Å². The van der Waals surface area contributed by atoms with Gasteiger partial charge in [0, 0.05) is 0 Å². The molecule has 0 spiro atoms. The fourth-order valence-corrected chi connectivity index (χ4v) is 2.49. The van der Waals surface area contributed by atoms with Gasteiger partial charge in [0.1, 0.15) is 24.4 Å². The fourth-order valence-electron chi connectivity index (χ4n) is 2.49. The van der Waals surface area contributed by atoms with Crippen LogP contribution in [0.1, 0.15) is 32.6 Å². The van der Waals surface area contributed by atoms with Crippen LogP contribution in [0.3, 0.4) is 0 Å². The summed E-state index contributed by atoms with van der Waals surface area (Å²) in [7, 11) is 0. The lowest BCUT2D eigenvalue weighted by Crippen LogP contribution is -2.35. The topological polar surface area (TPSA) is 73.2 Å². The van der Waals surface area contributed by atoms with E-state index in [1.54, 1.807) is 0 Å². The molecule has 0 aromatic rings. The number of rotatable bonds is 6. The smallest absolute Gasteiger partial charge is 0.117 e. The molecule has 0 unspecified atom stereocenters. The van der Waals surface area contributed by atoms with Crippen LogP contribution in [0.4, 0.5) is 0 Å². The molecule has 4 atom stereocenters. The Balaban J connectivity index is 2.02. The summed E-state index contributed by atoms with van der Waals surface area (Å²) >= 11 is 0. The van der Waals surface area contributed by atoms with Crippen LogP contribution in [0.5, 0.6) is 0 Å². The van der Waals surface area contributed by atoms with Gasteiger partial charge in [-0.25, -0.2) is 0 Å². The Kier molecular flexibility index (Phi) is 4.56. The normalized spacial score (nSPS) is 35.1. The van der Waals surface area contributed by atoms with Crippen molar-refractivity contribution in [2.45, 2.75) is 57.0 Å². The van der Waals surface area contributed by atoms with Gasteiger partial charge in [0.25, 0.3) is 0 Å². The van der Waals surface area contributed by atoms with Crippen LogP contribution in [0.25, 0.3) is 0 Å². The zero-order valence-corrected chi connectivity index (χ0v) is 10.7. The van der Waals surface area contributed by atoms with Crippen LogP contribution < -0.4 is 0 Å². The quantitative estimate of drug-likeness (QED) is 0.487. The lowest BCUT2D eigenvalue weighted by atomic mass is 9.87. The van der Waals surface area contributed by atoms with Gasteiger partial charge >= 0.3 is 0 Å². The van der Waals surface area contributed by atoms with Crippen LogP contribution >= 0.6 is 0 Å². The van der Waals surface area contributed by atoms with Crippen LogP contribution in [0.2, 0.25) is 0 Å². The van der Waals surface area contributed by atoms with E-state index in [9.17, 15) is 15.3 Å². The number of fused-ring (bicyclic) bond motifs is 1. The number of hydrogen-bond donors (Lipinski definition) is 3. The predicted molar refractivity (Wildman–Crippen MR) is 68.1 cm³/mol. The van der Waals surface area contributed by atoms with Crippen molar-refractivity contribution in [2.24, 2.45) is 0 Å². The minimum Gasteiger partial charge on any atom is -0.392 e. The van der Waals surface area contributed by atoms with E-state index in [2.05, 4.69) is 6.92 Å². The third kappa shape index (κ3) is 2.67. The van der Waals surface area contributed by atoms with Crippen molar-refractivity contribution < 1.29 is 20.1 Å². The van der Waals surface area contributed by atoms with Crippen LogP contribution in [0, 0.1) is 0 Å². The summed E-state index contributed by atoms with van der Waals surface area (Å²) in [5.74, 6) is 0. The summed E-state index contributed by atoms with van der Waals surface area (Å²) in [4.78, 5) is 0. The third-order valence-electron chi connectivity index (χ3n) is 3.67. The monoisotopic (exact) mass is 254 g/mol. The highest BCUT2D eigenvalue weighted by atomic mass is 16.6. The van der Waals surface area contributed by atoms with E-state index < -0.39 is 12.2 Å². The lowest BCUT2D eigenvalue weighted by Gasteiger charge is -2.23. The third-order valence-corrected chi connectivity index (χ3v) is 3.67. The number of hydrogen-bond acceptors (Lipinski definition) is 4. The van der Waals surface area contributed by atoms with Crippen LogP contribution in [0.15, 0.2) is 23.3 Å². The van der Waals surface area contributed by atoms with E-state index in [1.165, 1.54) is 12.8 Å². The van der Waals surface area contributed by atoms with Crippen molar-refractivity contribution in [3.05, 3.63) is 23.3 Å². The summed E-state index contributed by atoms with van der Waals surface area (Å²) in [6.07, 6.45) is 6.13. The van der Waals surface area contributed by atoms with Gasteiger partial charge < -0.3 is 20.1 Å². The van der Waals surface area contributed by atoms with E-state index in [1.807, 2.05) is 12.2 Å². The van der Waals surface area contributed by atoms with Gasteiger partial charge in [-0.2, -0.15) is 0 Å². The molecule has 1 aliphatic carbocycles. The van der Waals surface area contributed by atoms with E-state index in [-0.39, 0.29) is 18.8 Å². The average Bonchev–Trinajstić information content (AvgIpc) is 3.15. The molecule has 1 fully saturated rings. The van der Waals surface area contributed by atoms with Crippen LogP contribution in [-0.4, -0.2) is 46.3 Å². The Labute approximate surface area is 108 Å². The molecule has 2 aliphatic rings. The number of aliphatic hydroxyl groups is 3. The molecule has 102 valence electrons. The van der Waals surface area contributed by atoms with Crippen LogP contribution in [-0.2, 0) is 4.74 Å². The van der Waals surface area contributed by atoms with E-state index in [0.717, 1.165) is 12.8 Å². The second-order valence-corrected chi connectivity index (χ2v) is 4.99. The Morgan fingerprint density at radius 2 is 1.89 bits per heavy atom. The molecular formula is C14H22O4. The van der Waals surface area contributed by atoms with Crippen molar-refractivity contribution in [1.29, 1.82) is 0 Å². The van der Waals surface area contributed by atoms with Gasteiger partial charge in [0.15, 0.2) is 0 Å². The highest BCUT2D eigenvalue weighted by Gasteiger charge is 2.54. The summed E-state index contributed by atoms with van der Waals surface area (Å²) in [6.45, 7) is 1.92. The van der Waals surface area contributed by atoms with E-state index in [0.29, 0.717) is 11.1 Å². The first kappa shape index (κ1) is 13.7. The van der Waals surface area contributed by atoms with Gasteiger partial charge in [-0.3, -0.25) is 0 Å². The molecule has 0 aromatic carbocycles. The maximum Gasteiger partial charge on any atom is 0.117 e. The number of ether oxygens (including phenoxy) is 1. The van der Waals surface area contributed by atoms with Gasteiger partial charge in [-0.1, -0.05) is 31.9 Å². The molecule has 0 saturated carbocycles. The molecular weight excluding hydrogens is 232 g/mol. The first-order valence-electron chi connectivity index (χ1n) is 6.72. The van der Waals surface area contributed by atoms with Gasteiger partial charge in [-0.15, -0.1) is 0 Å². The molecule has 2 rings (SSSR count). The first-order chi connectivity index (χ1) is 8.70. The second kappa shape index (κ2) is 5.97. The SMILES string of the molecule is CCCCC/C=C/C1=C(CO)[C@@H](O)[C@H]2O[C@H]2[C@@H]1O. The fraction of sp³-hybridized carbons (Fsp3) is 0.714. The molecule has 4 heteroatoms. The number of aliphatic hydroxyl groups excluding tert-OH is 3. The average molecular weight is 254 g/mol. The highest BCUT2D eigenvalue weighted by molar-refractivity contribution is 5.39. The first-order valence-corrected chi connectivity index (χ1v) is 6.72. The zero-order valence-electron chi connectivity index (χ0n) is 10.7. The summed E-state index contributed by atoms with van der Waals surface area (Å²) in [5.41, 5.74) is 1.12. The summed E-state index contributed by atoms with van der Waals surface area (Å²) in [5, 5.41) is 29.3. The van der Waals surface area contributed by atoms with E-state index in [4.69, 9.17) is 4.74 Å². The van der Waals surface area contributed by atoms with Gasteiger partial charge in [-0.05, 0) is 24.0 Å². The zero-order chi connectivity index (χ0) is 13.1. The molecule has 1 heterocycles. The maximum atomic E-state index is 10.0. The Hall–Kier alpha value is -0.680. The maximum absolute atomic E-state index is 10.0. The van der Waals surface area contributed by atoms with Crippen molar-refractivity contribution in [2.75, 3.05) is 6.61 Å². The molecule has 3 N–H and O–H groups in total. The molecule has 4 nitrogen and oxygen atoms in total. The number of epoxide rings is 1. The molecule has 0 aromatic heterocycles. The summed E-state index contributed by atoms with van der Waals surface area (Å²) < 4.78 is 5.22. The lowest BCUT2D eigenvalue weighted by molar-refractivity contribution is 0.141. The molecule has 0 radical (unpaired) electrons. The number of unbranched alkanes of at least 4 members (excludes halogenated alkanes) is 3. The highest BCUT2D eigenvalue weighted by Crippen LogP contribution is 2.40. The summed E-state index contributed by atoms with van der Waals surface area (Å²) in [6, 6.07) is 0. The Morgan fingerprint density at radius 1 is 1.17 bits per heavy atom. The Bertz CT molecular complexity index is 348. The molecule has 18 heavy (non-hydrogen) atoms. The minimum absolute atomic E-state index is 0.237. The molecule has 1 saturated heterocycles. The van der Waals surface area contributed by atoms with Gasteiger partial charge in [0.05, 0.1) is 6.61 Å². The number of allylic oxidation sites excluding steroid dienone is 1. The van der Waals surface area contributed by atoms with Crippen molar-refractivity contribution >= 4 is 0 Å². The largest absolute Gasteiger partial charge is 0.392 e. The molecule has 0 bridgehead atoms. The Morgan fingerprint density at radius 3 is 2.56 bits per heavy atom. The minimum atomic E-state index is -0.779. The molecule has 0 amide bonds. The van der Waals surface area contributed by atoms with Crippen molar-refractivity contribution in [3.8, 4) is 0 Å². The van der Waals surface area contributed by atoms with E-state index >= 15 is 0 Å². The molecule has 1 aliphatic heterocycles.